The Morgan fingerprint density at radius 3 is 2.27 bits per heavy atom. The highest BCUT2D eigenvalue weighted by molar-refractivity contribution is 6.10. The van der Waals surface area contributed by atoms with Gasteiger partial charge in [0.15, 0.2) is 0 Å². The third kappa shape index (κ3) is 4.77. The molecular formula is C39H40N4O. The molecule has 5 heteroatoms. The molecule has 0 saturated heterocycles. The topological polar surface area (TPSA) is 33.5 Å². The third-order valence-corrected chi connectivity index (χ3v) is 8.53. The molecular weight excluding hydrogens is 540 g/mol. The zero-order chi connectivity index (χ0) is 33.3. The van der Waals surface area contributed by atoms with Crippen molar-refractivity contribution in [3.63, 3.8) is 0 Å². The number of anilines is 3. The van der Waals surface area contributed by atoms with Gasteiger partial charge in [-0.2, -0.15) is 0 Å². The maximum Gasteiger partial charge on any atom is 0.137 e. The fourth-order valence-electron chi connectivity index (χ4n) is 6.20. The molecule has 7 rings (SSSR count). The van der Waals surface area contributed by atoms with Crippen LogP contribution in [0.15, 0.2) is 103 Å². The van der Waals surface area contributed by atoms with E-state index in [1.54, 1.807) is 0 Å². The summed E-state index contributed by atoms with van der Waals surface area (Å²) in [4.78, 5) is 8.33. The lowest BCUT2D eigenvalue weighted by molar-refractivity contribution is 0.456. The van der Waals surface area contributed by atoms with E-state index in [-0.39, 0.29) is 17.5 Å². The van der Waals surface area contributed by atoms with E-state index in [1.807, 2.05) is 59.6 Å². The fraction of sp³-hybridized carbons (Fsp3) is 0.256. The van der Waals surface area contributed by atoms with Crippen LogP contribution in [0, 0.1) is 0 Å². The van der Waals surface area contributed by atoms with Crippen LogP contribution >= 0.6 is 0 Å². The molecule has 0 fully saturated rings. The third-order valence-electron chi connectivity index (χ3n) is 8.53. The normalized spacial score (nSPS) is 14.9. The molecule has 222 valence electrons. The molecule has 0 N–H and O–H groups in total. The lowest BCUT2D eigenvalue weighted by Gasteiger charge is -2.24. The summed E-state index contributed by atoms with van der Waals surface area (Å²) < 4.78 is 33.4. The first-order chi connectivity index (χ1) is 22.2. The van der Waals surface area contributed by atoms with Crippen LogP contribution in [0.5, 0.6) is 11.5 Å². The van der Waals surface area contributed by atoms with Gasteiger partial charge in [-0.15, -0.1) is 0 Å². The van der Waals surface area contributed by atoms with Gasteiger partial charge in [0, 0.05) is 51.4 Å². The van der Waals surface area contributed by atoms with E-state index in [9.17, 15) is 0 Å². The molecule has 0 aliphatic carbocycles. The first-order valence-electron chi connectivity index (χ1n) is 16.7. The highest BCUT2D eigenvalue weighted by atomic mass is 16.5. The number of fused-ring (bicyclic) bond motifs is 4. The van der Waals surface area contributed by atoms with Crippen molar-refractivity contribution < 1.29 is 8.85 Å². The Bertz CT molecular complexity index is 2140. The van der Waals surface area contributed by atoms with Crippen molar-refractivity contribution in [1.82, 2.24) is 9.55 Å². The average Bonchev–Trinajstić information content (AvgIpc) is 3.56. The van der Waals surface area contributed by atoms with Gasteiger partial charge in [-0.25, -0.2) is 4.98 Å². The molecule has 1 aliphatic heterocycles. The van der Waals surface area contributed by atoms with Crippen molar-refractivity contribution in [2.45, 2.75) is 52.4 Å². The molecule has 5 nitrogen and oxygen atoms in total. The Kier molecular flexibility index (Phi) is 5.69. The van der Waals surface area contributed by atoms with E-state index >= 15 is 0 Å². The Hall–Kier alpha value is -4.77. The molecule has 44 heavy (non-hydrogen) atoms. The number of rotatable bonds is 4. The van der Waals surface area contributed by atoms with Crippen LogP contribution < -0.4 is 14.5 Å². The Labute approximate surface area is 264 Å². The van der Waals surface area contributed by atoms with E-state index < -0.39 is 6.98 Å². The van der Waals surface area contributed by atoms with Crippen molar-refractivity contribution in [2.75, 3.05) is 23.4 Å². The molecule has 0 saturated carbocycles. The monoisotopic (exact) mass is 583 g/mol. The van der Waals surface area contributed by atoms with Gasteiger partial charge < -0.3 is 14.5 Å². The highest BCUT2D eigenvalue weighted by Gasteiger charge is 2.26. The van der Waals surface area contributed by atoms with Crippen molar-refractivity contribution in [1.29, 1.82) is 0 Å². The second-order valence-corrected chi connectivity index (χ2v) is 13.7. The smallest absolute Gasteiger partial charge is 0.137 e. The van der Waals surface area contributed by atoms with Crippen LogP contribution in [0.1, 0.15) is 56.8 Å². The number of aromatic nitrogens is 2. The molecule has 0 amide bonds. The number of hydrogen-bond donors (Lipinski definition) is 0. The molecule has 0 atom stereocenters. The van der Waals surface area contributed by atoms with Crippen molar-refractivity contribution in [3.8, 4) is 17.3 Å². The zero-order valence-electron chi connectivity index (χ0n) is 29.2. The van der Waals surface area contributed by atoms with Crippen LogP contribution in [0.4, 0.5) is 17.1 Å². The fourth-order valence-corrected chi connectivity index (χ4v) is 6.20. The van der Waals surface area contributed by atoms with Gasteiger partial charge in [0.05, 0.1) is 29.1 Å². The van der Waals surface area contributed by atoms with Crippen molar-refractivity contribution in [3.05, 3.63) is 114 Å². The number of para-hydroxylation sites is 3. The maximum atomic E-state index is 8.11. The summed E-state index contributed by atoms with van der Waals surface area (Å²) in [6, 6.07) is 32.7. The van der Waals surface area contributed by atoms with Gasteiger partial charge in [0.1, 0.15) is 17.3 Å². The summed E-state index contributed by atoms with van der Waals surface area (Å²) in [5.74, 6) is 2.31. The lowest BCUT2D eigenvalue weighted by Crippen LogP contribution is -2.23. The molecule has 6 aromatic rings. The standard InChI is InChI=1S/C39H40N4O/c1-38(2,3)26-19-20-40-37(21-26)43-32-16-9-8-15-29(32)30-23-31(39(4,5)6)36(24-35(30)43)44-28-14-12-13-27(22-28)42-25-41(7)33-17-10-11-18-34(33)42/h8-24H,25H2,1-7H3/i7D3. The summed E-state index contributed by atoms with van der Waals surface area (Å²) >= 11 is 0. The van der Waals surface area contributed by atoms with Gasteiger partial charge in [-0.3, -0.25) is 4.57 Å². The Morgan fingerprint density at radius 2 is 1.50 bits per heavy atom. The number of nitrogens with zero attached hydrogens (tertiary/aromatic N) is 4. The molecule has 4 aromatic carbocycles. The molecule has 0 unspecified atom stereocenters. The van der Waals surface area contributed by atoms with Gasteiger partial charge in [-0.1, -0.05) is 77.9 Å². The minimum Gasteiger partial charge on any atom is -0.457 e. The number of ether oxygens (including phenoxy) is 1. The van der Waals surface area contributed by atoms with E-state index in [2.05, 4.69) is 94.6 Å². The Morgan fingerprint density at radius 1 is 0.727 bits per heavy atom. The molecule has 1 aliphatic rings. The van der Waals surface area contributed by atoms with E-state index in [4.69, 9.17) is 13.8 Å². The van der Waals surface area contributed by atoms with Crippen LogP contribution in [-0.2, 0) is 10.8 Å². The molecule has 0 bridgehead atoms. The minimum absolute atomic E-state index is 0.0223. The number of benzene rings is 4. The first kappa shape index (κ1) is 24.6. The number of hydrogen-bond acceptors (Lipinski definition) is 4. The Balaban J connectivity index is 1.36. The van der Waals surface area contributed by atoms with Gasteiger partial charge >= 0.3 is 0 Å². The van der Waals surface area contributed by atoms with Gasteiger partial charge in [0.25, 0.3) is 0 Å². The summed E-state index contributed by atoms with van der Waals surface area (Å²) in [5.41, 5.74) is 6.59. The predicted molar refractivity (Wildman–Crippen MR) is 184 cm³/mol. The molecule has 0 spiro atoms. The van der Waals surface area contributed by atoms with E-state index in [0.717, 1.165) is 50.3 Å². The minimum atomic E-state index is -2.25. The molecule has 0 radical (unpaired) electrons. The zero-order valence-corrected chi connectivity index (χ0v) is 26.2. The van der Waals surface area contributed by atoms with E-state index in [1.165, 1.54) is 10.5 Å². The highest BCUT2D eigenvalue weighted by Crippen LogP contribution is 2.44. The quantitative estimate of drug-likeness (QED) is 0.207. The maximum absolute atomic E-state index is 8.11. The van der Waals surface area contributed by atoms with E-state index in [0.29, 0.717) is 11.4 Å². The SMILES string of the molecule is [2H]C([2H])([2H])N1CN(c2cccc(Oc3cc4c(cc3C(C)(C)C)c3ccccc3n4-c3cc(C(C)(C)C)ccn3)c2)c2ccccc21. The summed E-state index contributed by atoms with van der Waals surface area (Å²) in [7, 11) is 0. The second kappa shape index (κ2) is 10.2. The van der Waals surface area contributed by atoms with Crippen LogP contribution in [-0.4, -0.2) is 23.2 Å². The largest absolute Gasteiger partial charge is 0.457 e. The predicted octanol–water partition coefficient (Wildman–Crippen LogP) is 10.1. The van der Waals surface area contributed by atoms with Crippen LogP contribution in [0.25, 0.3) is 27.6 Å². The summed E-state index contributed by atoms with van der Waals surface area (Å²) in [6.45, 7) is 11.2. The lowest BCUT2D eigenvalue weighted by atomic mass is 9.85. The number of pyridine rings is 1. The first-order valence-corrected chi connectivity index (χ1v) is 15.2. The second-order valence-electron chi connectivity index (χ2n) is 13.7. The molecule has 2 aromatic heterocycles. The average molecular weight is 584 g/mol. The summed E-state index contributed by atoms with van der Waals surface area (Å²) in [6.07, 6.45) is 1.90. The summed E-state index contributed by atoms with van der Waals surface area (Å²) in [5, 5.41) is 2.31. The van der Waals surface area contributed by atoms with Gasteiger partial charge in [-0.05, 0) is 64.9 Å². The van der Waals surface area contributed by atoms with Crippen LogP contribution in [0.2, 0.25) is 0 Å². The van der Waals surface area contributed by atoms with Crippen LogP contribution in [0.3, 0.4) is 0 Å². The van der Waals surface area contributed by atoms with Gasteiger partial charge in [0.2, 0.25) is 0 Å². The molecule has 3 heterocycles. The van der Waals surface area contributed by atoms with Crippen molar-refractivity contribution >= 4 is 38.9 Å². The van der Waals surface area contributed by atoms with Crippen molar-refractivity contribution in [2.24, 2.45) is 0 Å².